The Morgan fingerprint density at radius 1 is 1.05 bits per heavy atom. The average molecular weight is 566 g/mol. The maximum absolute atomic E-state index is 14.1. The summed E-state index contributed by atoms with van der Waals surface area (Å²) in [5, 5.41) is 16.9. The fourth-order valence-electron chi connectivity index (χ4n) is 4.52. The number of tetrazole rings is 1. The predicted molar refractivity (Wildman–Crippen MR) is 136 cm³/mol. The first-order valence-electron chi connectivity index (χ1n) is 12.4. The van der Waals surface area contributed by atoms with E-state index in [0.29, 0.717) is 56.1 Å². The van der Waals surface area contributed by atoms with E-state index in [0.717, 1.165) is 24.6 Å². The third-order valence-corrected chi connectivity index (χ3v) is 7.56. The van der Waals surface area contributed by atoms with E-state index < -0.39 is 26.7 Å². The second-order valence-electron chi connectivity index (χ2n) is 9.71. The summed E-state index contributed by atoms with van der Waals surface area (Å²) < 4.78 is 64.9. The van der Waals surface area contributed by atoms with Gasteiger partial charge in [0.25, 0.3) is 5.92 Å². The molecule has 14 heteroatoms. The van der Waals surface area contributed by atoms with Crippen LogP contribution in [0.2, 0.25) is 0 Å². The highest BCUT2D eigenvalue weighted by molar-refractivity contribution is 7.89. The molecule has 1 aliphatic heterocycles. The number of hydrogen-bond donors (Lipinski definition) is 1. The number of aryl methyl sites for hydroxylation is 2. The molecule has 2 N–H and O–H groups in total. The van der Waals surface area contributed by atoms with Gasteiger partial charge in [-0.3, -0.25) is 9.69 Å². The fourth-order valence-corrected chi connectivity index (χ4v) is 5.11. The first-order valence-corrected chi connectivity index (χ1v) is 13.9. The van der Waals surface area contributed by atoms with Crippen molar-refractivity contribution in [3.63, 3.8) is 0 Å². The maximum Gasteiger partial charge on any atom is 0.270 e. The van der Waals surface area contributed by atoms with Gasteiger partial charge in [0.1, 0.15) is 10.7 Å². The Kier molecular flexibility index (Phi) is 8.37. The lowest BCUT2D eigenvalue weighted by molar-refractivity contribution is -0.133. The van der Waals surface area contributed by atoms with Crippen LogP contribution in [0.25, 0.3) is 0 Å². The number of benzene rings is 2. The van der Waals surface area contributed by atoms with Crippen LogP contribution in [0.4, 0.5) is 13.2 Å². The molecule has 4 rings (SSSR count). The summed E-state index contributed by atoms with van der Waals surface area (Å²) in [7, 11) is -4.13. The predicted octanol–water partition coefficient (Wildman–Crippen LogP) is 2.21. The van der Waals surface area contributed by atoms with E-state index in [9.17, 15) is 26.4 Å². The number of sulfonamides is 1. The summed E-state index contributed by atoms with van der Waals surface area (Å²) in [5.41, 5.74) is 1.84. The summed E-state index contributed by atoms with van der Waals surface area (Å²) in [6.07, 6.45) is 0.576. The van der Waals surface area contributed by atoms with Crippen LogP contribution in [0.1, 0.15) is 41.4 Å². The Labute approximate surface area is 224 Å². The molecule has 0 atom stereocenters. The molecule has 1 aromatic heterocycles. The topological polar surface area (TPSA) is 127 Å². The Morgan fingerprint density at radius 2 is 1.77 bits per heavy atom. The van der Waals surface area contributed by atoms with Gasteiger partial charge in [0.15, 0.2) is 5.82 Å². The van der Waals surface area contributed by atoms with E-state index in [1.807, 2.05) is 4.90 Å². The fraction of sp³-hybridized carbons (Fsp3) is 0.440. The normalized spacial score (nSPS) is 15.1. The third kappa shape index (κ3) is 7.40. The number of nitrogens with zero attached hydrogens (tertiary/aromatic N) is 6. The summed E-state index contributed by atoms with van der Waals surface area (Å²) in [6.45, 7) is 5.16. The molecule has 1 aliphatic rings. The zero-order valence-corrected chi connectivity index (χ0v) is 22.5. The van der Waals surface area contributed by atoms with E-state index in [2.05, 4.69) is 15.4 Å². The molecule has 3 aromatic rings. The Hall–Kier alpha value is -3.36. The number of piperazine rings is 1. The summed E-state index contributed by atoms with van der Waals surface area (Å²) in [6, 6.07) is 8.26. The lowest BCUT2D eigenvalue weighted by Crippen LogP contribution is -2.48. The smallest absolute Gasteiger partial charge is 0.270 e. The van der Waals surface area contributed by atoms with Gasteiger partial charge in [-0.05, 0) is 53.4 Å². The van der Waals surface area contributed by atoms with Crippen molar-refractivity contribution in [1.82, 2.24) is 30.0 Å². The SMILES string of the molecule is Cc1nnn(Cc2cc(C(C)(F)F)ccc2CCC(=O)N2CCN(Cc3ccc(S(N)(=O)=O)c(F)c3)CC2)n1. The number of amides is 1. The summed E-state index contributed by atoms with van der Waals surface area (Å²) in [5.74, 6) is -3.49. The Bertz CT molecular complexity index is 1450. The zero-order chi connectivity index (χ0) is 28.4. The van der Waals surface area contributed by atoms with Crippen molar-refractivity contribution in [2.45, 2.75) is 50.6 Å². The minimum atomic E-state index is -4.13. The standard InChI is InChI=1S/C25H30F3N7O3S/c1-17-30-32-35(31-17)16-20-14-21(25(2,27)28)6-4-19(20)5-8-24(36)34-11-9-33(10-12-34)15-18-3-7-23(22(26)13-18)39(29,37)38/h3-4,6-7,13-14H,5,8-12,15-16H2,1-2H3,(H2,29,37,38). The van der Waals surface area contributed by atoms with E-state index in [-0.39, 0.29) is 24.4 Å². The van der Waals surface area contributed by atoms with Gasteiger partial charge in [-0.25, -0.2) is 26.7 Å². The number of rotatable bonds is 9. The van der Waals surface area contributed by atoms with Gasteiger partial charge in [0.2, 0.25) is 15.9 Å². The number of aromatic nitrogens is 4. The molecule has 1 saturated heterocycles. The molecule has 2 heterocycles. The summed E-state index contributed by atoms with van der Waals surface area (Å²) in [4.78, 5) is 17.5. The van der Waals surface area contributed by atoms with Crippen molar-refractivity contribution in [3.8, 4) is 0 Å². The first kappa shape index (κ1) is 28.6. The molecule has 210 valence electrons. The molecule has 0 aliphatic carbocycles. The van der Waals surface area contributed by atoms with Crippen LogP contribution < -0.4 is 5.14 Å². The van der Waals surface area contributed by atoms with Crippen LogP contribution in [-0.2, 0) is 40.3 Å². The minimum Gasteiger partial charge on any atom is -0.340 e. The molecule has 2 aromatic carbocycles. The van der Waals surface area contributed by atoms with Crippen molar-refractivity contribution in [2.75, 3.05) is 26.2 Å². The second-order valence-corrected chi connectivity index (χ2v) is 11.2. The van der Waals surface area contributed by atoms with Gasteiger partial charge in [0.05, 0.1) is 6.54 Å². The van der Waals surface area contributed by atoms with Crippen LogP contribution in [0.5, 0.6) is 0 Å². The number of carbonyl (C=O) groups is 1. The first-order chi connectivity index (χ1) is 18.3. The second kappa shape index (κ2) is 11.4. The number of nitrogens with two attached hydrogens (primary N) is 1. The zero-order valence-electron chi connectivity index (χ0n) is 21.6. The highest BCUT2D eigenvalue weighted by Gasteiger charge is 2.26. The van der Waals surface area contributed by atoms with Crippen LogP contribution in [-0.4, -0.2) is 70.5 Å². The average Bonchev–Trinajstić information content (AvgIpc) is 3.26. The van der Waals surface area contributed by atoms with Gasteiger partial charge >= 0.3 is 0 Å². The quantitative estimate of drug-likeness (QED) is 0.421. The molecule has 1 amide bonds. The van der Waals surface area contributed by atoms with E-state index in [1.54, 1.807) is 17.9 Å². The van der Waals surface area contributed by atoms with Crippen LogP contribution in [0.15, 0.2) is 41.3 Å². The van der Waals surface area contributed by atoms with Gasteiger partial charge in [0, 0.05) is 51.6 Å². The van der Waals surface area contributed by atoms with Gasteiger partial charge < -0.3 is 4.90 Å². The number of carbonyl (C=O) groups excluding carboxylic acids is 1. The van der Waals surface area contributed by atoms with Gasteiger partial charge in [-0.2, -0.15) is 4.80 Å². The third-order valence-electron chi connectivity index (χ3n) is 6.62. The van der Waals surface area contributed by atoms with Crippen molar-refractivity contribution in [1.29, 1.82) is 0 Å². The maximum atomic E-state index is 14.1. The highest BCUT2D eigenvalue weighted by Crippen LogP contribution is 2.29. The van der Waals surface area contributed by atoms with Crippen molar-refractivity contribution in [3.05, 3.63) is 70.3 Å². The molecule has 0 radical (unpaired) electrons. The number of alkyl halides is 2. The van der Waals surface area contributed by atoms with Gasteiger partial charge in [-0.15, -0.1) is 10.2 Å². The van der Waals surface area contributed by atoms with Crippen molar-refractivity contribution >= 4 is 15.9 Å². The van der Waals surface area contributed by atoms with E-state index >= 15 is 0 Å². The Balaban J connectivity index is 1.34. The monoisotopic (exact) mass is 565 g/mol. The number of halogens is 3. The largest absolute Gasteiger partial charge is 0.340 e. The van der Waals surface area contributed by atoms with Crippen LogP contribution in [0.3, 0.4) is 0 Å². The molecule has 0 unspecified atom stereocenters. The molecular weight excluding hydrogens is 535 g/mol. The molecule has 1 fully saturated rings. The molecule has 10 nitrogen and oxygen atoms in total. The van der Waals surface area contributed by atoms with Crippen molar-refractivity contribution in [2.24, 2.45) is 5.14 Å². The van der Waals surface area contributed by atoms with Gasteiger partial charge in [-0.1, -0.05) is 18.2 Å². The number of hydrogen-bond acceptors (Lipinski definition) is 7. The van der Waals surface area contributed by atoms with Crippen molar-refractivity contribution < 1.29 is 26.4 Å². The lowest BCUT2D eigenvalue weighted by Gasteiger charge is -2.35. The van der Waals surface area contributed by atoms with Crippen LogP contribution in [0, 0.1) is 12.7 Å². The molecule has 0 saturated carbocycles. The Morgan fingerprint density at radius 3 is 2.36 bits per heavy atom. The molecule has 0 spiro atoms. The molecular formula is C25H30F3N7O3S. The van der Waals surface area contributed by atoms with E-state index in [1.165, 1.54) is 23.0 Å². The van der Waals surface area contributed by atoms with Crippen LogP contribution >= 0.6 is 0 Å². The number of primary sulfonamides is 1. The molecule has 39 heavy (non-hydrogen) atoms. The highest BCUT2D eigenvalue weighted by atomic mass is 32.2. The van der Waals surface area contributed by atoms with E-state index in [4.69, 9.17) is 5.14 Å². The molecule has 0 bridgehead atoms. The minimum absolute atomic E-state index is 0.0521. The lowest BCUT2D eigenvalue weighted by atomic mass is 9.97. The summed E-state index contributed by atoms with van der Waals surface area (Å²) >= 11 is 0.